The Morgan fingerprint density at radius 1 is 1.31 bits per heavy atom. The van der Waals surface area contributed by atoms with Crippen LogP contribution in [0.3, 0.4) is 0 Å². The number of carboxylic acids is 1. The van der Waals surface area contributed by atoms with Crippen molar-refractivity contribution in [1.82, 2.24) is 15.5 Å². The van der Waals surface area contributed by atoms with Crippen molar-refractivity contribution in [2.75, 3.05) is 26.2 Å². The summed E-state index contributed by atoms with van der Waals surface area (Å²) in [5.41, 5.74) is 0. The second-order valence-corrected chi connectivity index (χ2v) is 6.90. The smallest absolute Gasteiger partial charge is 0.306 e. The maximum Gasteiger partial charge on any atom is 0.306 e. The molecular formula is C19H27N3O4. The number of hydrogen-bond acceptors (Lipinski definition) is 4. The first-order chi connectivity index (χ1) is 12.5. The average molecular weight is 361 g/mol. The zero-order valence-corrected chi connectivity index (χ0v) is 14.9. The van der Waals surface area contributed by atoms with Gasteiger partial charge in [-0.25, -0.2) is 0 Å². The Balaban J connectivity index is 1.86. The SMILES string of the molecule is C#CC(CC(=O)O)NC(=O)C1CCCN(C(=O)/C=C/C2CCNCC2)C1. The molecule has 2 rings (SSSR count). The van der Waals surface area contributed by atoms with Crippen LogP contribution in [0.5, 0.6) is 0 Å². The first kappa shape index (κ1) is 20.0. The lowest BCUT2D eigenvalue weighted by atomic mass is 9.95. The molecule has 0 aromatic rings. The summed E-state index contributed by atoms with van der Waals surface area (Å²) in [5, 5.41) is 14.7. The molecule has 2 aliphatic heterocycles. The summed E-state index contributed by atoms with van der Waals surface area (Å²) in [6.07, 6.45) is 12.1. The minimum Gasteiger partial charge on any atom is -0.481 e. The predicted molar refractivity (Wildman–Crippen MR) is 97.1 cm³/mol. The first-order valence-corrected chi connectivity index (χ1v) is 9.15. The van der Waals surface area contributed by atoms with Gasteiger partial charge in [-0.15, -0.1) is 6.42 Å². The van der Waals surface area contributed by atoms with Crippen molar-refractivity contribution in [3.63, 3.8) is 0 Å². The van der Waals surface area contributed by atoms with E-state index in [-0.39, 0.29) is 24.2 Å². The van der Waals surface area contributed by atoms with Gasteiger partial charge in [-0.2, -0.15) is 0 Å². The second kappa shape index (κ2) is 9.97. The van der Waals surface area contributed by atoms with Crippen LogP contribution in [0.4, 0.5) is 0 Å². The van der Waals surface area contributed by atoms with Crippen molar-refractivity contribution in [3.05, 3.63) is 12.2 Å². The minimum absolute atomic E-state index is 0.0694. The highest BCUT2D eigenvalue weighted by Gasteiger charge is 2.29. The number of likely N-dealkylation sites (tertiary alicyclic amines) is 1. The van der Waals surface area contributed by atoms with Gasteiger partial charge in [0.1, 0.15) is 6.04 Å². The van der Waals surface area contributed by atoms with Crippen molar-refractivity contribution in [2.24, 2.45) is 11.8 Å². The monoisotopic (exact) mass is 361 g/mol. The molecule has 2 unspecified atom stereocenters. The maximum atomic E-state index is 12.4. The van der Waals surface area contributed by atoms with E-state index in [9.17, 15) is 14.4 Å². The topological polar surface area (TPSA) is 98.7 Å². The van der Waals surface area contributed by atoms with E-state index in [0.29, 0.717) is 25.4 Å². The summed E-state index contributed by atoms with van der Waals surface area (Å²) in [6, 6.07) is -0.828. The van der Waals surface area contributed by atoms with E-state index >= 15 is 0 Å². The number of rotatable bonds is 6. The molecule has 2 saturated heterocycles. The highest BCUT2D eigenvalue weighted by molar-refractivity contribution is 5.88. The van der Waals surface area contributed by atoms with Gasteiger partial charge < -0.3 is 20.6 Å². The quantitative estimate of drug-likeness (QED) is 0.469. The van der Waals surface area contributed by atoms with E-state index < -0.39 is 12.0 Å². The number of amides is 2. The Bertz CT molecular complexity index is 590. The van der Waals surface area contributed by atoms with E-state index in [4.69, 9.17) is 11.5 Å². The Labute approximate surface area is 154 Å². The van der Waals surface area contributed by atoms with Gasteiger partial charge in [0.15, 0.2) is 0 Å². The molecular weight excluding hydrogens is 334 g/mol. The van der Waals surface area contributed by atoms with Crippen LogP contribution >= 0.6 is 0 Å². The number of hydrogen-bond donors (Lipinski definition) is 3. The molecule has 0 aliphatic carbocycles. The molecule has 7 heteroatoms. The lowest BCUT2D eigenvalue weighted by molar-refractivity contribution is -0.137. The molecule has 2 aliphatic rings. The molecule has 2 heterocycles. The molecule has 142 valence electrons. The van der Waals surface area contributed by atoms with Crippen LogP contribution in [0, 0.1) is 24.2 Å². The van der Waals surface area contributed by atoms with E-state index in [1.165, 1.54) is 0 Å². The Kier molecular flexibility index (Phi) is 7.67. The lowest BCUT2D eigenvalue weighted by Crippen LogP contribution is -2.47. The van der Waals surface area contributed by atoms with Crippen molar-refractivity contribution in [2.45, 2.75) is 38.1 Å². The number of aliphatic carboxylic acids is 1. The number of carbonyl (C=O) groups is 3. The van der Waals surface area contributed by atoms with Gasteiger partial charge in [-0.1, -0.05) is 12.0 Å². The van der Waals surface area contributed by atoms with Crippen LogP contribution in [-0.2, 0) is 14.4 Å². The molecule has 3 N–H and O–H groups in total. The number of piperidine rings is 2. The number of carbonyl (C=O) groups excluding carboxylic acids is 2. The number of nitrogens with zero attached hydrogens (tertiary/aromatic N) is 1. The highest BCUT2D eigenvalue weighted by atomic mass is 16.4. The second-order valence-electron chi connectivity index (χ2n) is 6.90. The van der Waals surface area contributed by atoms with Crippen molar-refractivity contribution >= 4 is 17.8 Å². The average Bonchev–Trinajstić information content (AvgIpc) is 2.66. The van der Waals surface area contributed by atoms with Crippen LogP contribution in [0.25, 0.3) is 0 Å². The van der Waals surface area contributed by atoms with Gasteiger partial charge in [0.05, 0.1) is 12.3 Å². The van der Waals surface area contributed by atoms with Crippen LogP contribution in [0.1, 0.15) is 32.1 Å². The third-order valence-corrected chi connectivity index (χ3v) is 4.90. The zero-order chi connectivity index (χ0) is 18.9. The fourth-order valence-corrected chi connectivity index (χ4v) is 3.37. The number of allylic oxidation sites excluding steroid dienone is 1. The molecule has 2 atom stereocenters. The van der Waals surface area contributed by atoms with Crippen molar-refractivity contribution < 1.29 is 19.5 Å². The zero-order valence-electron chi connectivity index (χ0n) is 14.9. The lowest BCUT2D eigenvalue weighted by Gasteiger charge is -2.32. The number of carboxylic acid groups (broad SMARTS) is 1. The summed E-state index contributed by atoms with van der Waals surface area (Å²) in [5.74, 6) is 0.944. The third-order valence-electron chi connectivity index (χ3n) is 4.90. The van der Waals surface area contributed by atoms with Crippen LogP contribution < -0.4 is 10.6 Å². The number of terminal acetylenes is 1. The van der Waals surface area contributed by atoms with Crippen LogP contribution in [-0.4, -0.2) is 60.0 Å². The summed E-state index contributed by atoms with van der Waals surface area (Å²) in [4.78, 5) is 37.2. The summed E-state index contributed by atoms with van der Waals surface area (Å²) >= 11 is 0. The standard InChI is InChI=1S/C19H27N3O4/c1-2-16(12-18(24)25)21-19(26)15-4-3-11-22(13-15)17(23)6-5-14-7-9-20-10-8-14/h1,5-6,14-16,20H,3-4,7-13H2,(H,21,26)(H,24,25)/b6-5+. The Morgan fingerprint density at radius 2 is 2.04 bits per heavy atom. The molecule has 0 saturated carbocycles. The Morgan fingerprint density at radius 3 is 2.69 bits per heavy atom. The molecule has 0 aromatic carbocycles. The van der Waals surface area contributed by atoms with Crippen molar-refractivity contribution in [1.29, 1.82) is 0 Å². The molecule has 26 heavy (non-hydrogen) atoms. The van der Waals surface area contributed by atoms with Gasteiger partial charge in [-0.05, 0) is 50.8 Å². The van der Waals surface area contributed by atoms with Gasteiger partial charge in [-0.3, -0.25) is 14.4 Å². The maximum absolute atomic E-state index is 12.4. The molecule has 2 fully saturated rings. The molecule has 0 aromatic heterocycles. The van der Waals surface area contributed by atoms with Gasteiger partial charge in [0.25, 0.3) is 0 Å². The van der Waals surface area contributed by atoms with E-state index in [1.807, 2.05) is 6.08 Å². The van der Waals surface area contributed by atoms with Gasteiger partial charge in [0.2, 0.25) is 11.8 Å². The predicted octanol–water partition coefficient (Wildman–Crippen LogP) is 0.374. The van der Waals surface area contributed by atoms with Crippen LogP contribution in [0.15, 0.2) is 12.2 Å². The third kappa shape index (κ3) is 6.19. The fraction of sp³-hybridized carbons (Fsp3) is 0.632. The van der Waals surface area contributed by atoms with Gasteiger partial charge >= 0.3 is 5.97 Å². The van der Waals surface area contributed by atoms with E-state index in [0.717, 1.165) is 32.4 Å². The fourth-order valence-electron chi connectivity index (χ4n) is 3.37. The molecule has 0 spiro atoms. The minimum atomic E-state index is -1.06. The van der Waals surface area contributed by atoms with Gasteiger partial charge in [0, 0.05) is 13.1 Å². The largest absolute Gasteiger partial charge is 0.481 e. The first-order valence-electron chi connectivity index (χ1n) is 9.15. The number of nitrogens with one attached hydrogen (secondary N) is 2. The van der Waals surface area contributed by atoms with E-state index in [2.05, 4.69) is 16.6 Å². The highest BCUT2D eigenvalue weighted by Crippen LogP contribution is 2.18. The molecule has 2 amide bonds. The summed E-state index contributed by atoms with van der Waals surface area (Å²) < 4.78 is 0. The summed E-state index contributed by atoms with van der Waals surface area (Å²) in [6.45, 7) is 2.92. The van der Waals surface area contributed by atoms with Crippen molar-refractivity contribution in [3.8, 4) is 12.3 Å². The van der Waals surface area contributed by atoms with Crippen LogP contribution in [0.2, 0.25) is 0 Å². The molecule has 7 nitrogen and oxygen atoms in total. The van der Waals surface area contributed by atoms with E-state index in [1.54, 1.807) is 11.0 Å². The molecule has 0 radical (unpaired) electrons. The Hall–Kier alpha value is -2.33. The molecule has 0 bridgehead atoms. The summed E-state index contributed by atoms with van der Waals surface area (Å²) in [7, 11) is 0. The normalized spacial score (nSPS) is 22.6.